The summed E-state index contributed by atoms with van der Waals surface area (Å²) in [4.78, 5) is 26.2. The lowest BCUT2D eigenvalue weighted by Gasteiger charge is -2.39. The standard InChI is InChI=1S/C24H29F3N4O2/c1-15-21(16(2)29-22(28-15)17-5-3-6-18(13-17)24(25,26)27)23(33)30-11-8-19(9-12-30)31-10-4-7-20(31)14-32/h3,5-6,13,19-20,32H,4,7-12,14H2,1-2H3. The highest BCUT2D eigenvalue weighted by molar-refractivity contribution is 5.96. The third-order valence-electron chi connectivity index (χ3n) is 6.79. The molecule has 1 unspecified atom stereocenters. The monoisotopic (exact) mass is 462 g/mol. The molecule has 1 N–H and O–H groups in total. The first-order valence-electron chi connectivity index (χ1n) is 11.4. The molecule has 1 aromatic carbocycles. The van der Waals surface area contributed by atoms with E-state index in [1.165, 1.54) is 12.1 Å². The van der Waals surface area contributed by atoms with Gasteiger partial charge in [-0.25, -0.2) is 9.97 Å². The van der Waals surface area contributed by atoms with E-state index in [1.54, 1.807) is 13.8 Å². The van der Waals surface area contributed by atoms with Gasteiger partial charge in [-0.3, -0.25) is 9.69 Å². The number of carbonyl (C=O) groups excluding carboxylic acids is 1. The van der Waals surface area contributed by atoms with Crippen LogP contribution in [-0.2, 0) is 6.18 Å². The molecular weight excluding hydrogens is 433 g/mol. The van der Waals surface area contributed by atoms with E-state index in [4.69, 9.17) is 0 Å². The van der Waals surface area contributed by atoms with Crippen molar-refractivity contribution >= 4 is 5.91 Å². The zero-order valence-electron chi connectivity index (χ0n) is 18.9. The largest absolute Gasteiger partial charge is 0.416 e. The van der Waals surface area contributed by atoms with Crippen LogP contribution in [0, 0.1) is 13.8 Å². The second-order valence-electron chi connectivity index (χ2n) is 8.91. The van der Waals surface area contributed by atoms with E-state index < -0.39 is 11.7 Å². The quantitative estimate of drug-likeness (QED) is 0.748. The smallest absolute Gasteiger partial charge is 0.395 e. The van der Waals surface area contributed by atoms with Crippen molar-refractivity contribution in [2.45, 2.75) is 57.8 Å². The number of aliphatic hydroxyl groups excluding tert-OH is 1. The van der Waals surface area contributed by atoms with Crippen molar-refractivity contribution in [3.63, 3.8) is 0 Å². The molecule has 1 amide bonds. The van der Waals surface area contributed by atoms with Crippen LogP contribution < -0.4 is 0 Å². The number of carbonyl (C=O) groups is 1. The number of nitrogens with zero attached hydrogens (tertiary/aromatic N) is 4. The van der Waals surface area contributed by atoms with Crippen LogP contribution in [0.2, 0.25) is 0 Å². The van der Waals surface area contributed by atoms with Gasteiger partial charge in [-0.2, -0.15) is 13.2 Å². The molecule has 33 heavy (non-hydrogen) atoms. The van der Waals surface area contributed by atoms with Crippen LogP contribution in [-0.4, -0.2) is 69.1 Å². The van der Waals surface area contributed by atoms with Gasteiger partial charge in [0, 0.05) is 30.7 Å². The summed E-state index contributed by atoms with van der Waals surface area (Å²) in [5, 5.41) is 9.60. The summed E-state index contributed by atoms with van der Waals surface area (Å²) in [6, 6.07) is 5.49. The number of amides is 1. The Labute approximate surface area is 191 Å². The first-order valence-corrected chi connectivity index (χ1v) is 11.4. The molecular formula is C24H29F3N4O2. The highest BCUT2D eigenvalue weighted by Crippen LogP contribution is 2.32. The van der Waals surface area contributed by atoms with E-state index in [0.717, 1.165) is 44.4 Å². The fourth-order valence-electron chi connectivity index (χ4n) is 5.08. The van der Waals surface area contributed by atoms with Gasteiger partial charge in [-0.05, 0) is 58.2 Å². The molecule has 3 heterocycles. The van der Waals surface area contributed by atoms with Crippen molar-refractivity contribution < 1.29 is 23.1 Å². The van der Waals surface area contributed by atoms with Gasteiger partial charge in [0.15, 0.2) is 5.82 Å². The third-order valence-corrected chi connectivity index (χ3v) is 6.79. The number of alkyl halides is 3. The number of benzene rings is 1. The van der Waals surface area contributed by atoms with Gasteiger partial charge < -0.3 is 10.0 Å². The summed E-state index contributed by atoms with van der Waals surface area (Å²) in [6.07, 6.45) is -0.636. The third kappa shape index (κ3) is 4.89. The van der Waals surface area contributed by atoms with E-state index in [1.807, 2.05) is 4.90 Å². The van der Waals surface area contributed by atoms with E-state index in [2.05, 4.69) is 14.9 Å². The van der Waals surface area contributed by atoms with Gasteiger partial charge in [0.25, 0.3) is 5.91 Å². The molecule has 2 aliphatic rings. The molecule has 4 rings (SSSR count). The number of aromatic nitrogens is 2. The average Bonchev–Trinajstić information content (AvgIpc) is 3.27. The first kappa shape index (κ1) is 23.6. The minimum absolute atomic E-state index is 0.140. The molecule has 1 aromatic heterocycles. The number of rotatable bonds is 4. The Morgan fingerprint density at radius 3 is 2.36 bits per heavy atom. The van der Waals surface area contributed by atoms with Crippen LogP contribution in [0.5, 0.6) is 0 Å². The second kappa shape index (κ2) is 9.38. The number of hydrogen-bond acceptors (Lipinski definition) is 5. The zero-order valence-corrected chi connectivity index (χ0v) is 18.9. The highest BCUT2D eigenvalue weighted by atomic mass is 19.4. The van der Waals surface area contributed by atoms with Crippen molar-refractivity contribution in [1.82, 2.24) is 19.8 Å². The van der Waals surface area contributed by atoms with Crippen LogP contribution >= 0.6 is 0 Å². The lowest BCUT2D eigenvalue weighted by atomic mass is 10.0. The summed E-state index contributed by atoms with van der Waals surface area (Å²) in [5.41, 5.74) is 0.839. The number of hydrogen-bond donors (Lipinski definition) is 1. The van der Waals surface area contributed by atoms with Crippen LogP contribution in [0.4, 0.5) is 13.2 Å². The number of piperidine rings is 1. The van der Waals surface area contributed by atoms with E-state index in [9.17, 15) is 23.1 Å². The van der Waals surface area contributed by atoms with Gasteiger partial charge in [-0.1, -0.05) is 12.1 Å². The SMILES string of the molecule is Cc1nc(-c2cccc(C(F)(F)F)c2)nc(C)c1C(=O)N1CCC(N2CCCC2CO)CC1. The van der Waals surface area contributed by atoms with Crippen molar-refractivity contribution in [1.29, 1.82) is 0 Å². The first-order chi connectivity index (χ1) is 15.7. The van der Waals surface area contributed by atoms with Crippen molar-refractivity contribution in [2.24, 2.45) is 0 Å². The molecule has 9 heteroatoms. The van der Waals surface area contributed by atoms with Crippen molar-refractivity contribution in [2.75, 3.05) is 26.2 Å². The number of halogens is 3. The van der Waals surface area contributed by atoms with E-state index >= 15 is 0 Å². The summed E-state index contributed by atoms with van der Waals surface area (Å²) in [7, 11) is 0. The Bertz CT molecular complexity index is 996. The molecule has 1 atom stereocenters. The van der Waals surface area contributed by atoms with Gasteiger partial charge >= 0.3 is 6.18 Å². The molecule has 2 aromatic rings. The van der Waals surface area contributed by atoms with Crippen LogP contribution in [0.25, 0.3) is 11.4 Å². The van der Waals surface area contributed by atoms with Crippen LogP contribution in [0.15, 0.2) is 24.3 Å². The molecule has 0 aliphatic carbocycles. The Kier molecular flexibility index (Phi) is 6.72. The normalized spacial score (nSPS) is 20.4. The summed E-state index contributed by atoms with van der Waals surface area (Å²) in [5.74, 6) is 0.0367. The Morgan fingerprint density at radius 2 is 1.76 bits per heavy atom. The molecule has 0 spiro atoms. The highest BCUT2D eigenvalue weighted by Gasteiger charge is 2.34. The molecule has 178 valence electrons. The predicted molar refractivity (Wildman–Crippen MR) is 118 cm³/mol. The van der Waals surface area contributed by atoms with Crippen LogP contribution in [0.1, 0.15) is 53.0 Å². The van der Waals surface area contributed by atoms with E-state index in [0.29, 0.717) is 36.1 Å². The van der Waals surface area contributed by atoms with E-state index in [-0.39, 0.29) is 29.9 Å². The summed E-state index contributed by atoms with van der Waals surface area (Å²) >= 11 is 0. The summed E-state index contributed by atoms with van der Waals surface area (Å²) < 4.78 is 39.2. The van der Waals surface area contributed by atoms with Gasteiger partial charge in [0.05, 0.1) is 29.1 Å². The number of likely N-dealkylation sites (tertiary alicyclic amines) is 2. The molecule has 2 saturated heterocycles. The van der Waals surface area contributed by atoms with Gasteiger partial charge in [0.2, 0.25) is 0 Å². The second-order valence-corrected chi connectivity index (χ2v) is 8.91. The molecule has 0 saturated carbocycles. The fourth-order valence-corrected chi connectivity index (χ4v) is 5.08. The molecule has 6 nitrogen and oxygen atoms in total. The molecule has 0 radical (unpaired) electrons. The molecule has 2 aliphatic heterocycles. The topological polar surface area (TPSA) is 69.6 Å². The average molecular weight is 463 g/mol. The van der Waals surface area contributed by atoms with Crippen LogP contribution in [0.3, 0.4) is 0 Å². The predicted octanol–water partition coefficient (Wildman–Crippen LogP) is 3.84. The maximum atomic E-state index is 13.3. The van der Waals surface area contributed by atoms with Crippen molar-refractivity contribution in [3.8, 4) is 11.4 Å². The Balaban J connectivity index is 1.49. The molecule has 0 bridgehead atoms. The summed E-state index contributed by atoms with van der Waals surface area (Å²) in [6.45, 7) is 5.79. The lowest BCUT2D eigenvalue weighted by Crippen LogP contribution is -2.49. The minimum Gasteiger partial charge on any atom is -0.395 e. The Hall–Kier alpha value is -2.52. The van der Waals surface area contributed by atoms with Crippen molar-refractivity contribution in [3.05, 3.63) is 46.8 Å². The zero-order chi connectivity index (χ0) is 23.8. The van der Waals surface area contributed by atoms with Gasteiger partial charge in [0.1, 0.15) is 0 Å². The number of aryl methyl sites for hydroxylation is 2. The maximum absolute atomic E-state index is 13.3. The number of aliphatic hydroxyl groups is 1. The minimum atomic E-state index is -4.45. The van der Waals surface area contributed by atoms with Gasteiger partial charge in [-0.15, -0.1) is 0 Å². The molecule has 2 fully saturated rings. The Morgan fingerprint density at radius 1 is 1.09 bits per heavy atom. The maximum Gasteiger partial charge on any atom is 0.416 e. The fraction of sp³-hybridized carbons (Fsp3) is 0.542. The lowest BCUT2D eigenvalue weighted by molar-refractivity contribution is -0.137.